The van der Waals surface area contributed by atoms with Gasteiger partial charge in [0.05, 0.1) is 34.8 Å². The van der Waals surface area contributed by atoms with E-state index >= 15 is 0 Å². The molecular formula is C15H18N4O. The number of fused-ring (bicyclic) bond motifs is 1. The molecule has 0 saturated heterocycles. The van der Waals surface area contributed by atoms with Crippen molar-refractivity contribution in [3.63, 3.8) is 0 Å². The van der Waals surface area contributed by atoms with Crippen LogP contribution in [0.4, 0.5) is 5.95 Å². The zero-order valence-electron chi connectivity index (χ0n) is 11.3. The van der Waals surface area contributed by atoms with Gasteiger partial charge < -0.3 is 15.4 Å². The van der Waals surface area contributed by atoms with E-state index in [4.69, 9.17) is 11.0 Å². The van der Waals surface area contributed by atoms with Crippen LogP contribution >= 0.6 is 0 Å². The zero-order valence-corrected chi connectivity index (χ0v) is 11.3. The quantitative estimate of drug-likeness (QED) is 0.779. The number of benzene rings is 1. The summed E-state index contributed by atoms with van der Waals surface area (Å²) in [5.41, 5.74) is 8.25. The Labute approximate surface area is 117 Å². The van der Waals surface area contributed by atoms with E-state index in [1.165, 1.54) is 0 Å². The molecule has 0 aliphatic heterocycles. The molecule has 1 heterocycles. The molecule has 0 amide bonds. The number of hydrogen-bond acceptors (Lipinski definition) is 4. The van der Waals surface area contributed by atoms with Crippen LogP contribution in [0.2, 0.25) is 0 Å². The van der Waals surface area contributed by atoms with Crippen LogP contribution in [-0.2, 0) is 0 Å². The number of nitrogens with zero attached hydrogens (tertiary/aromatic N) is 3. The molecule has 5 heteroatoms. The van der Waals surface area contributed by atoms with Crippen LogP contribution in [0.3, 0.4) is 0 Å². The summed E-state index contributed by atoms with van der Waals surface area (Å²) in [5.74, 6) is 0.418. The first-order valence-electron chi connectivity index (χ1n) is 7.06. The molecule has 1 aromatic heterocycles. The highest BCUT2D eigenvalue weighted by atomic mass is 16.3. The number of nitriles is 1. The van der Waals surface area contributed by atoms with Gasteiger partial charge in [-0.1, -0.05) is 19.3 Å². The highest BCUT2D eigenvalue weighted by molar-refractivity contribution is 5.80. The maximum Gasteiger partial charge on any atom is 0.201 e. The number of imidazole rings is 1. The number of aromatic nitrogens is 2. The molecule has 2 aromatic rings. The lowest BCUT2D eigenvalue weighted by molar-refractivity contribution is 0.108. The third-order valence-electron chi connectivity index (χ3n) is 4.12. The van der Waals surface area contributed by atoms with Gasteiger partial charge in [-0.3, -0.25) is 0 Å². The van der Waals surface area contributed by atoms with Crippen molar-refractivity contribution in [2.75, 3.05) is 5.73 Å². The van der Waals surface area contributed by atoms with Crippen molar-refractivity contribution in [1.82, 2.24) is 9.55 Å². The Bertz CT molecular complexity index is 670. The second-order valence-electron chi connectivity index (χ2n) is 5.43. The van der Waals surface area contributed by atoms with Crippen LogP contribution in [0.5, 0.6) is 0 Å². The molecule has 20 heavy (non-hydrogen) atoms. The molecule has 0 bridgehead atoms. The van der Waals surface area contributed by atoms with E-state index in [1.54, 1.807) is 12.1 Å². The number of aliphatic hydroxyl groups excluding tert-OH is 1. The summed E-state index contributed by atoms with van der Waals surface area (Å²) >= 11 is 0. The highest BCUT2D eigenvalue weighted by Gasteiger charge is 2.26. The fourth-order valence-electron chi connectivity index (χ4n) is 3.10. The Kier molecular flexibility index (Phi) is 3.33. The van der Waals surface area contributed by atoms with Gasteiger partial charge in [0.1, 0.15) is 0 Å². The summed E-state index contributed by atoms with van der Waals surface area (Å²) < 4.78 is 1.91. The molecule has 3 rings (SSSR count). The average molecular weight is 270 g/mol. The van der Waals surface area contributed by atoms with E-state index in [9.17, 15) is 5.11 Å². The summed E-state index contributed by atoms with van der Waals surface area (Å²) in [4.78, 5) is 4.35. The van der Waals surface area contributed by atoms with Crippen molar-refractivity contribution in [1.29, 1.82) is 5.26 Å². The van der Waals surface area contributed by atoms with Gasteiger partial charge in [0, 0.05) is 0 Å². The Morgan fingerprint density at radius 2 is 2.10 bits per heavy atom. The van der Waals surface area contributed by atoms with Gasteiger partial charge in [0.15, 0.2) is 0 Å². The number of nitrogens with two attached hydrogens (primary N) is 1. The minimum Gasteiger partial charge on any atom is -0.391 e. The Balaban J connectivity index is 2.13. The molecular weight excluding hydrogens is 252 g/mol. The number of anilines is 1. The molecule has 1 aliphatic rings. The summed E-state index contributed by atoms with van der Waals surface area (Å²) in [6, 6.07) is 7.44. The SMILES string of the molecule is N#Cc1ccc2nc(N)n(C3CCCCCC3O)c2c1. The predicted molar refractivity (Wildman–Crippen MR) is 77.0 cm³/mol. The van der Waals surface area contributed by atoms with Crippen LogP contribution < -0.4 is 5.73 Å². The second kappa shape index (κ2) is 5.14. The van der Waals surface area contributed by atoms with E-state index in [2.05, 4.69) is 11.1 Å². The van der Waals surface area contributed by atoms with Crippen molar-refractivity contribution >= 4 is 17.0 Å². The Morgan fingerprint density at radius 1 is 1.30 bits per heavy atom. The second-order valence-corrected chi connectivity index (χ2v) is 5.43. The third kappa shape index (κ3) is 2.12. The normalized spacial score (nSPS) is 23.4. The van der Waals surface area contributed by atoms with Crippen LogP contribution in [0.15, 0.2) is 18.2 Å². The van der Waals surface area contributed by atoms with E-state index < -0.39 is 6.10 Å². The maximum atomic E-state index is 10.4. The van der Waals surface area contributed by atoms with Crippen molar-refractivity contribution in [3.05, 3.63) is 23.8 Å². The van der Waals surface area contributed by atoms with Crippen molar-refractivity contribution < 1.29 is 5.11 Å². The first-order chi connectivity index (χ1) is 9.70. The van der Waals surface area contributed by atoms with Crippen LogP contribution in [0.1, 0.15) is 43.7 Å². The Morgan fingerprint density at radius 3 is 2.90 bits per heavy atom. The summed E-state index contributed by atoms with van der Waals surface area (Å²) in [6.07, 6.45) is 4.56. The maximum absolute atomic E-state index is 10.4. The van der Waals surface area contributed by atoms with Gasteiger partial charge in [-0.2, -0.15) is 5.26 Å². The number of aliphatic hydroxyl groups is 1. The lowest BCUT2D eigenvalue weighted by Crippen LogP contribution is -2.24. The molecule has 2 atom stereocenters. The number of hydrogen-bond donors (Lipinski definition) is 2. The molecule has 1 fully saturated rings. The van der Waals surface area contributed by atoms with E-state index in [1.807, 2.05) is 10.6 Å². The lowest BCUT2D eigenvalue weighted by Gasteiger charge is -2.23. The lowest BCUT2D eigenvalue weighted by atomic mass is 10.1. The summed E-state index contributed by atoms with van der Waals surface area (Å²) in [6.45, 7) is 0. The zero-order chi connectivity index (χ0) is 14.1. The number of nitrogen functional groups attached to an aromatic ring is 1. The van der Waals surface area contributed by atoms with E-state index in [0.29, 0.717) is 11.5 Å². The standard InChI is InChI=1S/C15H18N4O/c16-9-10-6-7-11-13(8-10)19(15(17)18-11)12-4-2-1-3-5-14(12)20/h6-8,12,14,20H,1-5H2,(H2,17,18). The Hall–Kier alpha value is -2.06. The average Bonchev–Trinajstić information content (AvgIpc) is 2.62. The molecule has 104 valence electrons. The van der Waals surface area contributed by atoms with E-state index in [0.717, 1.165) is 43.1 Å². The molecule has 0 spiro atoms. The molecule has 5 nitrogen and oxygen atoms in total. The van der Waals surface area contributed by atoms with Crippen LogP contribution in [-0.4, -0.2) is 20.8 Å². The predicted octanol–water partition coefficient (Wildman–Crippen LogP) is 2.36. The van der Waals surface area contributed by atoms with Crippen LogP contribution in [0, 0.1) is 11.3 Å². The summed E-state index contributed by atoms with van der Waals surface area (Å²) in [7, 11) is 0. The smallest absolute Gasteiger partial charge is 0.201 e. The molecule has 1 aliphatic carbocycles. The van der Waals surface area contributed by atoms with Crippen molar-refractivity contribution in [3.8, 4) is 6.07 Å². The largest absolute Gasteiger partial charge is 0.391 e. The van der Waals surface area contributed by atoms with Gasteiger partial charge in [-0.25, -0.2) is 4.98 Å². The fourth-order valence-corrected chi connectivity index (χ4v) is 3.10. The first kappa shape index (κ1) is 12.9. The fraction of sp³-hybridized carbons (Fsp3) is 0.467. The highest BCUT2D eigenvalue weighted by Crippen LogP contribution is 2.33. The van der Waals surface area contributed by atoms with Gasteiger partial charge in [-0.15, -0.1) is 0 Å². The van der Waals surface area contributed by atoms with E-state index in [-0.39, 0.29) is 6.04 Å². The molecule has 0 radical (unpaired) electrons. The molecule has 1 aromatic carbocycles. The monoisotopic (exact) mass is 270 g/mol. The molecule has 3 N–H and O–H groups in total. The third-order valence-corrected chi connectivity index (χ3v) is 4.12. The van der Waals surface area contributed by atoms with Gasteiger partial charge >= 0.3 is 0 Å². The number of rotatable bonds is 1. The molecule has 1 saturated carbocycles. The summed E-state index contributed by atoms with van der Waals surface area (Å²) in [5, 5.41) is 19.4. The minimum atomic E-state index is -0.400. The first-order valence-corrected chi connectivity index (χ1v) is 7.06. The molecule has 2 unspecified atom stereocenters. The van der Waals surface area contributed by atoms with Gasteiger partial charge in [0.2, 0.25) is 5.95 Å². The van der Waals surface area contributed by atoms with Crippen molar-refractivity contribution in [2.24, 2.45) is 0 Å². The minimum absolute atomic E-state index is 0.0450. The van der Waals surface area contributed by atoms with Gasteiger partial charge in [0.25, 0.3) is 0 Å². The topological polar surface area (TPSA) is 87.9 Å². The van der Waals surface area contributed by atoms with Gasteiger partial charge in [-0.05, 0) is 31.0 Å². The van der Waals surface area contributed by atoms with Crippen LogP contribution in [0.25, 0.3) is 11.0 Å². The van der Waals surface area contributed by atoms with Crippen molar-refractivity contribution in [2.45, 2.75) is 44.2 Å².